The molecule has 1 N–H and O–H groups in total. The SMILES string of the molecule is CCOC(=O)C(CN(C)C(C)CC)(NC)C1CC1. The standard InChI is InChI=1S/C14H28N2O2/c1-6-11(3)16(5)10-14(15-4,12-8-9-12)13(17)18-7-2/h11-12,15H,6-10H2,1-5H3. The van der Waals surface area contributed by atoms with E-state index >= 15 is 0 Å². The van der Waals surface area contributed by atoms with Crippen LogP contribution >= 0.6 is 0 Å². The van der Waals surface area contributed by atoms with Crippen LogP contribution in [0, 0.1) is 5.92 Å². The number of rotatable bonds is 8. The molecule has 0 heterocycles. The van der Waals surface area contributed by atoms with Crippen LogP contribution < -0.4 is 5.32 Å². The normalized spacial score (nSPS) is 20.6. The molecular formula is C14H28N2O2. The van der Waals surface area contributed by atoms with Crippen molar-refractivity contribution in [1.29, 1.82) is 0 Å². The zero-order chi connectivity index (χ0) is 13.8. The van der Waals surface area contributed by atoms with Gasteiger partial charge in [-0.2, -0.15) is 0 Å². The fourth-order valence-electron chi connectivity index (χ4n) is 2.44. The monoisotopic (exact) mass is 256 g/mol. The first-order valence-corrected chi connectivity index (χ1v) is 7.08. The highest BCUT2D eigenvalue weighted by Gasteiger charge is 2.51. The summed E-state index contributed by atoms with van der Waals surface area (Å²) in [5.74, 6) is 0.332. The van der Waals surface area contributed by atoms with Crippen molar-refractivity contribution in [2.24, 2.45) is 5.92 Å². The minimum atomic E-state index is -0.520. The fourth-order valence-corrected chi connectivity index (χ4v) is 2.44. The second-order valence-corrected chi connectivity index (χ2v) is 5.39. The van der Waals surface area contributed by atoms with Crippen molar-refractivity contribution in [3.63, 3.8) is 0 Å². The lowest BCUT2D eigenvalue weighted by Crippen LogP contribution is -2.60. The Balaban J connectivity index is 2.80. The molecule has 0 aromatic carbocycles. The highest BCUT2D eigenvalue weighted by molar-refractivity contribution is 5.82. The maximum Gasteiger partial charge on any atom is 0.327 e. The smallest absolute Gasteiger partial charge is 0.327 e. The number of hydrogen-bond donors (Lipinski definition) is 1. The van der Waals surface area contributed by atoms with Crippen molar-refractivity contribution in [1.82, 2.24) is 10.2 Å². The van der Waals surface area contributed by atoms with Crippen molar-refractivity contribution >= 4 is 5.97 Å². The number of nitrogens with zero attached hydrogens (tertiary/aromatic N) is 1. The largest absolute Gasteiger partial charge is 0.465 e. The van der Waals surface area contributed by atoms with E-state index in [1.807, 2.05) is 14.0 Å². The average Bonchev–Trinajstić information content (AvgIpc) is 3.19. The van der Waals surface area contributed by atoms with E-state index in [9.17, 15) is 4.79 Å². The van der Waals surface area contributed by atoms with E-state index in [4.69, 9.17) is 4.74 Å². The molecule has 2 unspecified atom stereocenters. The van der Waals surface area contributed by atoms with Gasteiger partial charge in [0, 0.05) is 12.6 Å². The van der Waals surface area contributed by atoms with E-state index in [1.165, 1.54) is 0 Å². The highest BCUT2D eigenvalue weighted by Crippen LogP contribution is 2.41. The van der Waals surface area contributed by atoms with Crippen molar-refractivity contribution < 1.29 is 9.53 Å². The Morgan fingerprint density at radius 3 is 2.50 bits per heavy atom. The number of nitrogens with one attached hydrogen (secondary N) is 1. The quantitative estimate of drug-likeness (QED) is 0.671. The molecule has 18 heavy (non-hydrogen) atoms. The van der Waals surface area contributed by atoms with Crippen LogP contribution in [0.5, 0.6) is 0 Å². The lowest BCUT2D eigenvalue weighted by Gasteiger charge is -2.37. The second-order valence-electron chi connectivity index (χ2n) is 5.39. The molecule has 0 radical (unpaired) electrons. The third-order valence-corrected chi connectivity index (χ3v) is 4.20. The Hall–Kier alpha value is -0.610. The van der Waals surface area contributed by atoms with Crippen molar-refractivity contribution in [2.45, 2.75) is 51.6 Å². The molecular weight excluding hydrogens is 228 g/mol. The Morgan fingerprint density at radius 2 is 2.11 bits per heavy atom. The van der Waals surface area contributed by atoms with Crippen LogP contribution in [0.25, 0.3) is 0 Å². The molecule has 0 saturated heterocycles. The predicted octanol–water partition coefficient (Wildman–Crippen LogP) is 1.65. The molecule has 4 heteroatoms. The van der Waals surface area contributed by atoms with E-state index in [2.05, 4.69) is 31.1 Å². The maximum absolute atomic E-state index is 12.3. The summed E-state index contributed by atoms with van der Waals surface area (Å²) < 4.78 is 5.29. The molecule has 0 aromatic rings. The summed E-state index contributed by atoms with van der Waals surface area (Å²) in [7, 11) is 3.96. The van der Waals surface area contributed by atoms with Crippen molar-refractivity contribution in [3.8, 4) is 0 Å². The first-order chi connectivity index (χ1) is 8.51. The molecule has 2 atom stereocenters. The molecule has 0 bridgehead atoms. The van der Waals surface area contributed by atoms with Crippen LogP contribution in [-0.2, 0) is 9.53 Å². The van der Waals surface area contributed by atoms with Crippen molar-refractivity contribution in [3.05, 3.63) is 0 Å². The minimum absolute atomic E-state index is 0.0925. The van der Waals surface area contributed by atoms with Gasteiger partial charge in [-0.3, -0.25) is 0 Å². The summed E-state index contributed by atoms with van der Waals surface area (Å²) in [6.45, 7) is 7.40. The Morgan fingerprint density at radius 1 is 1.50 bits per heavy atom. The van der Waals surface area contributed by atoms with Gasteiger partial charge in [-0.25, -0.2) is 4.79 Å². The van der Waals surface area contributed by atoms with Gasteiger partial charge in [0.2, 0.25) is 0 Å². The summed E-state index contributed by atoms with van der Waals surface area (Å²) in [6.07, 6.45) is 3.33. The molecule has 0 amide bonds. The third-order valence-electron chi connectivity index (χ3n) is 4.20. The third kappa shape index (κ3) is 3.23. The van der Waals surface area contributed by atoms with Gasteiger partial charge in [-0.1, -0.05) is 6.92 Å². The maximum atomic E-state index is 12.3. The van der Waals surface area contributed by atoms with Gasteiger partial charge in [-0.05, 0) is 53.1 Å². The number of ether oxygens (including phenoxy) is 1. The fraction of sp³-hybridized carbons (Fsp3) is 0.929. The predicted molar refractivity (Wildman–Crippen MR) is 73.5 cm³/mol. The number of carbonyl (C=O) groups excluding carboxylic acids is 1. The van der Waals surface area contributed by atoms with Gasteiger partial charge in [0.25, 0.3) is 0 Å². The minimum Gasteiger partial charge on any atom is -0.465 e. The summed E-state index contributed by atoms with van der Waals surface area (Å²) in [6, 6.07) is 0.478. The number of hydrogen-bond acceptors (Lipinski definition) is 4. The van der Waals surface area contributed by atoms with E-state index in [0.717, 1.165) is 25.8 Å². The highest BCUT2D eigenvalue weighted by atomic mass is 16.5. The van der Waals surface area contributed by atoms with Gasteiger partial charge >= 0.3 is 5.97 Å². The Bertz CT molecular complexity index is 279. The van der Waals surface area contributed by atoms with E-state index in [-0.39, 0.29) is 5.97 Å². The lowest BCUT2D eigenvalue weighted by atomic mass is 9.92. The van der Waals surface area contributed by atoms with Crippen LogP contribution in [0.3, 0.4) is 0 Å². The molecule has 1 saturated carbocycles. The van der Waals surface area contributed by atoms with Crippen LogP contribution in [-0.4, -0.2) is 49.7 Å². The van der Waals surface area contributed by atoms with Gasteiger partial charge < -0.3 is 15.0 Å². The zero-order valence-electron chi connectivity index (χ0n) is 12.5. The molecule has 1 aliphatic rings. The topological polar surface area (TPSA) is 41.6 Å². The molecule has 1 rings (SSSR count). The van der Waals surface area contributed by atoms with Gasteiger partial charge in [0.1, 0.15) is 5.54 Å². The first-order valence-electron chi connectivity index (χ1n) is 7.08. The second kappa shape index (κ2) is 6.53. The molecule has 1 fully saturated rings. The molecule has 1 aliphatic carbocycles. The molecule has 0 aromatic heterocycles. The van der Waals surface area contributed by atoms with Crippen LogP contribution in [0.2, 0.25) is 0 Å². The van der Waals surface area contributed by atoms with Crippen LogP contribution in [0.1, 0.15) is 40.0 Å². The molecule has 4 nitrogen and oxygen atoms in total. The molecule has 106 valence electrons. The average molecular weight is 256 g/mol. The van der Waals surface area contributed by atoms with Gasteiger partial charge in [-0.15, -0.1) is 0 Å². The van der Waals surface area contributed by atoms with Gasteiger partial charge in [0.15, 0.2) is 0 Å². The van der Waals surface area contributed by atoms with Crippen LogP contribution in [0.4, 0.5) is 0 Å². The summed E-state index contributed by atoms with van der Waals surface area (Å²) in [4.78, 5) is 14.6. The molecule has 0 aliphatic heterocycles. The molecule has 0 spiro atoms. The number of likely N-dealkylation sites (N-methyl/N-ethyl adjacent to an activating group) is 2. The number of esters is 1. The zero-order valence-corrected chi connectivity index (χ0v) is 12.5. The number of carbonyl (C=O) groups is 1. The van der Waals surface area contributed by atoms with E-state index in [1.54, 1.807) is 0 Å². The lowest BCUT2D eigenvalue weighted by molar-refractivity contribution is -0.153. The Kier molecular flexibility index (Phi) is 5.60. The Labute approximate surface area is 111 Å². The van der Waals surface area contributed by atoms with Gasteiger partial charge in [0.05, 0.1) is 6.61 Å². The van der Waals surface area contributed by atoms with E-state index < -0.39 is 5.54 Å². The summed E-state index contributed by atoms with van der Waals surface area (Å²) in [5.41, 5.74) is -0.520. The van der Waals surface area contributed by atoms with E-state index in [0.29, 0.717) is 18.6 Å². The van der Waals surface area contributed by atoms with Crippen LogP contribution in [0.15, 0.2) is 0 Å². The first kappa shape index (κ1) is 15.4. The van der Waals surface area contributed by atoms with Crippen molar-refractivity contribution in [2.75, 3.05) is 27.2 Å². The summed E-state index contributed by atoms with van der Waals surface area (Å²) >= 11 is 0. The summed E-state index contributed by atoms with van der Waals surface area (Å²) in [5, 5.41) is 3.26.